The van der Waals surface area contributed by atoms with Gasteiger partial charge in [0.05, 0.1) is 13.2 Å². The number of carbonyl (C=O) groups is 1. The Morgan fingerprint density at radius 1 is 1.00 bits per heavy atom. The molecule has 0 aliphatic rings. The summed E-state index contributed by atoms with van der Waals surface area (Å²) in [5.74, 6) is 1.52. The normalized spacial score (nSPS) is 10.9. The van der Waals surface area contributed by atoms with E-state index in [4.69, 9.17) is 9.47 Å². The molecule has 4 heteroatoms. The van der Waals surface area contributed by atoms with Crippen molar-refractivity contribution in [2.45, 2.75) is 33.6 Å². The number of phenolic OH excluding ortho intramolecular Hbond substituents is 1. The quantitative estimate of drug-likeness (QED) is 0.498. The molecule has 0 aliphatic carbocycles. The van der Waals surface area contributed by atoms with Crippen LogP contribution in [-0.2, 0) is 0 Å². The zero-order valence-corrected chi connectivity index (χ0v) is 15.6. The zero-order chi connectivity index (χ0) is 18.9. The number of rotatable bonds is 9. The predicted molar refractivity (Wildman–Crippen MR) is 104 cm³/mol. The molecule has 0 saturated heterocycles. The van der Waals surface area contributed by atoms with Crippen LogP contribution in [0.3, 0.4) is 0 Å². The van der Waals surface area contributed by atoms with E-state index in [0.717, 1.165) is 29.7 Å². The standard InChI is InChI=1S/C22H26O4/c1-4-12-25-21-15-22(26-13-5-2)18(14-16(21)3)8-11-20(24)17-6-9-19(23)10-7-17/h6-11,14-15,23H,4-5,12-13H2,1-3H3/b11-8+. The molecular weight excluding hydrogens is 328 g/mol. The molecule has 4 nitrogen and oxygen atoms in total. The van der Waals surface area contributed by atoms with Crippen molar-refractivity contribution in [3.63, 3.8) is 0 Å². The summed E-state index contributed by atoms with van der Waals surface area (Å²) in [6.07, 6.45) is 5.12. The van der Waals surface area contributed by atoms with Crippen LogP contribution in [0.2, 0.25) is 0 Å². The lowest BCUT2D eigenvalue weighted by atomic mass is 10.1. The average molecular weight is 354 g/mol. The van der Waals surface area contributed by atoms with Crippen LogP contribution in [0.15, 0.2) is 42.5 Å². The van der Waals surface area contributed by atoms with Crippen molar-refractivity contribution in [3.05, 3.63) is 59.2 Å². The first-order valence-electron chi connectivity index (χ1n) is 8.96. The molecule has 0 unspecified atom stereocenters. The van der Waals surface area contributed by atoms with Gasteiger partial charge in [-0.3, -0.25) is 4.79 Å². The Balaban J connectivity index is 2.26. The van der Waals surface area contributed by atoms with Gasteiger partial charge in [-0.05, 0) is 67.8 Å². The van der Waals surface area contributed by atoms with E-state index in [2.05, 4.69) is 6.92 Å². The highest BCUT2D eigenvalue weighted by Gasteiger charge is 2.09. The largest absolute Gasteiger partial charge is 0.508 e. The van der Waals surface area contributed by atoms with Crippen LogP contribution in [0.1, 0.15) is 48.2 Å². The topological polar surface area (TPSA) is 55.8 Å². The van der Waals surface area contributed by atoms with E-state index >= 15 is 0 Å². The van der Waals surface area contributed by atoms with Crippen molar-refractivity contribution >= 4 is 11.9 Å². The minimum Gasteiger partial charge on any atom is -0.508 e. The van der Waals surface area contributed by atoms with E-state index in [1.165, 1.54) is 18.2 Å². The monoisotopic (exact) mass is 354 g/mol. The third-order valence-electron chi connectivity index (χ3n) is 3.80. The second-order valence-corrected chi connectivity index (χ2v) is 6.10. The summed E-state index contributed by atoms with van der Waals surface area (Å²) in [5, 5.41) is 9.33. The molecule has 0 heterocycles. The van der Waals surface area contributed by atoms with Gasteiger partial charge in [0.2, 0.25) is 0 Å². The van der Waals surface area contributed by atoms with Crippen LogP contribution in [0, 0.1) is 6.92 Å². The molecule has 138 valence electrons. The molecule has 2 aromatic rings. The van der Waals surface area contributed by atoms with E-state index in [-0.39, 0.29) is 11.5 Å². The number of aryl methyl sites for hydroxylation is 1. The second-order valence-electron chi connectivity index (χ2n) is 6.10. The first-order chi connectivity index (χ1) is 12.5. The molecule has 1 N–H and O–H groups in total. The van der Waals surface area contributed by atoms with Crippen molar-refractivity contribution in [2.24, 2.45) is 0 Å². The van der Waals surface area contributed by atoms with E-state index in [1.54, 1.807) is 18.2 Å². The third-order valence-corrected chi connectivity index (χ3v) is 3.80. The molecule has 0 aromatic heterocycles. The number of hydrogen-bond acceptors (Lipinski definition) is 4. The van der Waals surface area contributed by atoms with Crippen LogP contribution in [-0.4, -0.2) is 24.1 Å². The maximum Gasteiger partial charge on any atom is 0.185 e. The number of hydrogen-bond donors (Lipinski definition) is 1. The van der Waals surface area contributed by atoms with Crippen LogP contribution in [0.5, 0.6) is 17.2 Å². The van der Waals surface area contributed by atoms with Crippen molar-refractivity contribution in [1.29, 1.82) is 0 Å². The molecule has 2 rings (SSSR count). The fraction of sp³-hybridized carbons (Fsp3) is 0.318. The number of ketones is 1. The minimum atomic E-state index is -0.129. The van der Waals surface area contributed by atoms with Gasteiger partial charge in [0.1, 0.15) is 17.2 Å². The maximum atomic E-state index is 12.3. The highest BCUT2D eigenvalue weighted by molar-refractivity contribution is 6.07. The van der Waals surface area contributed by atoms with E-state index < -0.39 is 0 Å². The molecule has 0 amide bonds. The van der Waals surface area contributed by atoms with Gasteiger partial charge in [-0.1, -0.05) is 13.8 Å². The van der Waals surface area contributed by atoms with E-state index in [9.17, 15) is 9.90 Å². The molecule has 0 bridgehead atoms. The van der Waals surface area contributed by atoms with Crippen LogP contribution < -0.4 is 9.47 Å². The lowest BCUT2D eigenvalue weighted by molar-refractivity contribution is 0.104. The Kier molecular flexibility index (Phi) is 7.27. The Bertz CT molecular complexity index is 760. The Hall–Kier alpha value is -2.75. The summed E-state index contributed by atoms with van der Waals surface area (Å²) >= 11 is 0. The summed E-state index contributed by atoms with van der Waals surface area (Å²) in [7, 11) is 0. The third kappa shape index (κ3) is 5.38. The van der Waals surface area contributed by atoms with Gasteiger partial charge in [0.25, 0.3) is 0 Å². The Morgan fingerprint density at radius 3 is 2.23 bits per heavy atom. The summed E-state index contributed by atoms with van der Waals surface area (Å²) < 4.78 is 11.6. The number of phenols is 1. The fourth-order valence-corrected chi connectivity index (χ4v) is 2.41. The van der Waals surface area contributed by atoms with Crippen LogP contribution in [0.25, 0.3) is 6.08 Å². The SMILES string of the molecule is CCCOc1cc(OCCC)c(/C=C/C(=O)c2ccc(O)cc2)cc1C. The molecular formula is C22H26O4. The summed E-state index contributed by atoms with van der Waals surface area (Å²) in [6.45, 7) is 7.35. The van der Waals surface area contributed by atoms with E-state index in [1.807, 2.05) is 26.0 Å². The van der Waals surface area contributed by atoms with Gasteiger partial charge in [0.15, 0.2) is 5.78 Å². The van der Waals surface area contributed by atoms with Crippen molar-refractivity contribution < 1.29 is 19.4 Å². The predicted octanol–water partition coefficient (Wildman–Crippen LogP) is 5.17. The molecule has 0 saturated carbocycles. The number of aromatic hydroxyl groups is 1. The molecule has 0 aliphatic heterocycles. The van der Waals surface area contributed by atoms with Gasteiger partial charge < -0.3 is 14.6 Å². The van der Waals surface area contributed by atoms with Crippen LogP contribution in [0.4, 0.5) is 0 Å². The van der Waals surface area contributed by atoms with Gasteiger partial charge in [-0.2, -0.15) is 0 Å². The van der Waals surface area contributed by atoms with Gasteiger partial charge in [-0.15, -0.1) is 0 Å². The van der Waals surface area contributed by atoms with Gasteiger partial charge in [-0.25, -0.2) is 0 Å². The number of carbonyl (C=O) groups excluding carboxylic acids is 1. The number of allylic oxidation sites excluding steroid dienone is 1. The molecule has 26 heavy (non-hydrogen) atoms. The lowest BCUT2D eigenvalue weighted by Crippen LogP contribution is -2.01. The molecule has 0 radical (unpaired) electrons. The molecule has 0 spiro atoms. The molecule has 2 aromatic carbocycles. The summed E-state index contributed by atoms with van der Waals surface area (Å²) in [5.41, 5.74) is 2.36. The van der Waals surface area contributed by atoms with Gasteiger partial charge >= 0.3 is 0 Å². The summed E-state index contributed by atoms with van der Waals surface area (Å²) in [6, 6.07) is 10.1. The number of benzene rings is 2. The fourth-order valence-electron chi connectivity index (χ4n) is 2.41. The van der Waals surface area contributed by atoms with Crippen LogP contribution >= 0.6 is 0 Å². The van der Waals surface area contributed by atoms with Crippen molar-refractivity contribution in [1.82, 2.24) is 0 Å². The smallest absolute Gasteiger partial charge is 0.185 e. The highest BCUT2D eigenvalue weighted by Crippen LogP contribution is 2.30. The van der Waals surface area contributed by atoms with Gasteiger partial charge in [0, 0.05) is 17.2 Å². The molecule has 0 fully saturated rings. The Labute approximate surface area is 155 Å². The summed E-state index contributed by atoms with van der Waals surface area (Å²) in [4.78, 5) is 12.3. The first-order valence-corrected chi connectivity index (χ1v) is 8.96. The lowest BCUT2D eigenvalue weighted by Gasteiger charge is -2.14. The highest BCUT2D eigenvalue weighted by atomic mass is 16.5. The maximum absolute atomic E-state index is 12.3. The molecule has 0 atom stereocenters. The van der Waals surface area contributed by atoms with E-state index in [0.29, 0.717) is 24.5 Å². The zero-order valence-electron chi connectivity index (χ0n) is 15.6. The van der Waals surface area contributed by atoms with Crippen molar-refractivity contribution in [3.8, 4) is 17.2 Å². The number of ether oxygens (including phenoxy) is 2. The minimum absolute atomic E-state index is 0.129. The second kappa shape index (κ2) is 9.66. The average Bonchev–Trinajstić information content (AvgIpc) is 2.64. The Morgan fingerprint density at radius 2 is 1.62 bits per heavy atom. The first kappa shape index (κ1) is 19.6. The van der Waals surface area contributed by atoms with Crippen molar-refractivity contribution in [2.75, 3.05) is 13.2 Å².